The van der Waals surface area contributed by atoms with Gasteiger partial charge >= 0.3 is 0 Å². The van der Waals surface area contributed by atoms with Gasteiger partial charge in [0.05, 0.1) is 5.02 Å². The van der Waals surface area contributed by atoms with Crippen LogP contribution in [0.5, 0.6) is 0 Å². The van der Waals surface area contributed by atoms with E-state index in [1.54, 1.807) is 0 Å². The second-order valence-corrected chi connectivity index (χ2v) is 5.89. The van der Waals surface area contributed by atoms with E-state index in [4.69, 9.17) is 17.3 Å². The van der Waals surface area contributed by atoms with E-state index in [1.807, 2.05) is 11.8 Å². The predicted molar refractivity (Wildman–Crippen MR) is 67.8 cm³/mol. The van der Waals surface area contributed by atoms with Crippen molar-refractivity contribution in [2.45, 2.75) is 35.8 Å². The largest absolute Gasteiger partial charge is 0.330 e. The molecular weight excluding hydrogens is 226 g/mol. The van der Waals surface area contributed by atoms with Crippen molar-refractivity contribution in [1.82, 2.24) is 0 Å². The van der Waals surface area contributed by atoms with Crippen molar-refractivity contribution in [3.63, 3.8) is 0 Å². The van der Waals surface area contributed by atoms with Crippen LogP contribution in [-0.2, 0) is 0 Å². The smallest absolute Gasteiger partial charge is 0.0544 e. The first-order chi connectivity index (χ1) is 7.20. The molecule has 15 heavy (non-hydrogen) atoms. The molecule has 1 saturated carbocycles. The van der Waals surface area contributed by atoms with Gasteiger partial charge in [-0.15, -0.1) is 11.8 Å². The third-order valence-corrected chi connectivity index (χ3v) is 4.54. The Bertz CT molecular complexity index is 349. The van der Waals surface area contributed by atoms with Crippen LogP contribution in [0.4, 0.5) is 0 Å². The van der Waals surface area contributed by atoms with Gasteiger partial charge < -0.3 is 5.73 Å². The van der Waals surface area contributed by atoms with Crippen LogP contribution >= 0.6 is 23.4 Å². The highest BCUT2D eigenvalue weighted by Crippen LogP contribution is 2.42. The van der Waals surface area contributed by atoms with Crippen molar-refractivity contribution in [2.24, 2.45) is 5.73 Å². The van der Waals surface area contributed by atoms with Crippen molar-refractivity contribution < 1.29 is 0 Å². The van der Waals surface area contributed by atoms with Gasteiger partial charge in [0.25, 0.3) is 0 Å². The molecule has 1 unspecified atom stereocenters. The van der Waals surface area contributed by atoms with Crippen LogP contribution < -0.4 is 5.73 Å². The van der Waals surface area contributed by atoms with Crippen LogP contribution in [0.25, 0.3) is 0 Å². The molecule has 0 aromatic heterocycles. The lowest BCUT2D eigenvalue weighted by Crippen LogP contribution is -2.08. The van der Waals surface area contributed by atoms with Crippen molar-refractivity contribution in [3.8, 4) is 0 Å². The molecule has 0 radical (unpaired) electrons. The lowest BCUT2D eigenvalue weighted by atomic mass is 10.0. The first kappa shape index (κ1) is 11.3. The van der Waals surface area contributed by atoms with Gasteiger partial charge in [0.15, 0.2) is 0 Å². The molecule has 0 aliphatic heterocycles. The molecule has 0 heterocycles. The van der Waals surface area contributed by atoms with Crippen molar-refractivity contribution >= 4 is 23.4 Å². The third kappa shape index (κ3) is 2.90. The Hall–Kier alpha value is -0.180. The van der Waals surface area contributed by atoms with E-state index in [-0.39, 0.29) is 0 Å². The van der Waals surface area contributed by atoms with E-state index < -0.39 is 0 Å². The van der Waals surface area contributed by atoms with Gasteiger partial charge in [0.2, 0.25) is 0 Å². The summed E-state index contributed by atoms with van der Waals surface area (Å²) < 4.78 is 0. The summed E-state index contributed by atoms with van der Waals surface area (Å²) in [4.78, 5) is 1.21. The summed E-state index contributed by atoms with van der Waals surface area (Å²) in [6.45, 7) is 2.80. The summed E-state index contributed by atoms with van der Waals surface area (Å²) in [5.74, 6) is 0.391. The fourth-order valence-corrected chi connectivity index (χ4v) is 2.79. The molecule has 2 N–H and O–H groups in total. The number of halogens is 1. The fourth-order valence-electron chi connectivity index (χ4n) is 1.42. The second-order valence-electron chi connectivity index (χ2n) is 4.14. The molecule has 1 fully saturated rings. The van der Waals surface area contributed by atoms with Crippen LogP contribution in [0.15, 0.2) is 23.1 Å². The average molecular weight is 242 g/mol. The van der Waals surface area contributed by atoms with E-state index in [0.717, 1.165) is 10.3 Å². The molecule has 1 nitrogen and oxygen atoms in total. The quantitative estimate of drug-likeness (QED) is 0.871. The summed E-state index contributed by atoms with van der Waals surface area (Å²) in [7, 11) is 0. The minimum atomic E-state index is 0.391. The standard InChI is InChI=1S/C12H16ClNS/c1-8(7-14)9-2-5-12(11(13)6-9)15-10-3-4-10/h2,5-6,8,10H,3-4,7,14H2,1H3. The van der Waals surface area contributed by atoms with Crippen molar-refractivity contribution in [1.29, 1.82) is 0 Å². The maximum absolute atomic E-state index is 6.24. The van der Waals surface area contributed by atoms with E-state index in [2.05, 4.69) is 25.1 Å². The fraction of sp³-hybridized carbons (Fsp3) is 0.500. The summed E-state index contributed by atoms with van der Waals surface area (Å²) >= 11 is 8.14. The maximum Gasteiger partial charge on any atom is 0.0544 e. The minimum absolute atomic E-state index is 0.391. The van der Waals surface area contributed by atoms with Gasteiger partial charge in [-0.2, -0.15) is 0 Å². The molecule has 0 spiro atoms. The molecule has 0 bridgehead atoms. The Morgan fingerprint density at radius 1 is 1.53 bits per heavy atom. The van der Waals surface area contributed by atoms with Crippen molar-refractivity contribution in [3.05, 3.63) is 28.8 Å². The molecule has 3 heteroatoms. The normalized spacial score (nSPS) is 17.8. The van der Waals surface area contributed by atoms with Gasteiger partial charge in [0.1, 0.15) is 0 Å². The molecule has 1 aromatic carbocycles. The highest BCUT2D eigenvalue weighted by molar-refractivity contribution is 8.00. The molecule has 1 aliphatic rings. The Labute approximate surface area is 100 Å². The molecule has 1 atom stereocenters. The van der Waals surface area contributed by atoms with Crippen LogP contribution in [0.1, 0.15) is 31.2 Å². The predicted octanol–water partition coefficient (Wildman–Crippen LogP) is 3.66. The van der Waals surface area contributed by atoms with Gasteiger partial charge in [0, 0.05) is 10.1 Å². The molecule has 2 rings (SSSR count). The maximum atomic E-state index is 6.24. The zero-order valence-electron chi connectivity index (χ0n) is 8.87. The molecule has 0 amide bonds. The Morgan fingerprint density at radius 3 is 2.80 bits per heavy atom. The van der Waals surface area contributed by atoms with Crippen LogP contribution in [-0.4, -0.2) is 11.8 Å². The topological polar surface area (TPSA) is 26.0 Å². The summed E-state index contributed by atoms with van der Waals surface area (Å²) in [5.41, 5.74) is 6.87. The van der Waals surface area contributed by atoms with E-state index in [0.29, 0.717) is 12.5 Å². The zero-order chi connectivity index (χ0) is 10.8. The Kier molecular flexibility index (Phi) is 3.60. The lowest BCUT2D eigenvalue weighted by Gasteiger charge is -2.11. The van der Waals surface area contributed by atoms with Gasteiger partial charge in [-0.05, 0) is 43.0 Å². The molecular formula is C12H16ClNS. The summed E-state index contributed by atoms with van der Waals surface area (Å²) in [5, 5.41) is 1.69. The first-order valence-corrected chi connectivity index (χ1v) is 6.62. The lowest BCUT2D eigenvalue weighted by molar-refractivity contribution is 0.773. The number of hydrogen-bond acceptors (Lipinski definition) is 2. The molecule has 82 valence electrons. The van der Waals surface area contributed by atoms with Crippen LogP contribution in [0, 0.1) is 0 Å². The van der Waals surface area contributed by atoms with E-state index in [1.165, 1.54) is 23.3 Å². The van der Waals surface area contributed by atoms with Crippen molar-refractivity contribution in [2.75, 3.05) is 6.54 Å². The molecule has 1 aliphatic carbocycles. The highest BCUT2D eigenvalue weighted by atomic mass is 35.5. The van der Waals surface area contributed by atoms with E-state index in [9.17, 15) is 0 Å². The summed E-state index contributed by atoms with van der Waals surface area (Å²) in [6.07, 6.45) is 2.67. The monoisotopic (exact) mass is 241 g/mol. The Balaban J connectivity index is 2.13. The zero-order valence-corrected chi connectivity index (χ0v) is 10.4. The minimum Gasteiger partial charge on any atom is -0.330 e. The average Bonchev–Trinajstić information content (AvgIpc) is 3.04. The highest BCUT2D eigenvalue weighted by Gasteiger charge is 2.23. The number of rotatable bonds is 4. The first-order valence-electron chi connectivity index (χ1n) is 5.37. The van der Waals surface area contributed by atoms with E-state index >= 15 is 0 Å². The van der Waals surface area contributed by atoms with Gasteiger partial charge in [-0.1, -0.05) is 24.6 Å². The number of hydrogen-bond donors (Lipinski definition) is 1. The Morgan fingerprint density at radius 2 is 2.27 bits per heavy atom. The number of benzene rings is 1. The number of thioether (sulfide) groups is 1. The van der Waals surface area contributed by atoms with Crippen LogP contribution in [0.3, 0.4) is 0 Å². The third-order valence-electron chi connectivity index (χ3n) is 2.70. The van der Waals surface area contributed by atoms with Gasteiger partial charge in [-0.3, -0.25) is 0 Å². The SMILES string of the molecule is CC(CN)c1ccc(SC2CC2)c(Cl)c1. The number of nitrogens with two attached hydrogens (primary N) is 1. The van der Waals surface area contributed by atoms with Gasteiger partial charge in [-0.25, -0.2) is 0 Å². The van der Waals surface area contributed by atoms with Crippen LogP contribution in [0.2, 0.25) is 5.02 Å². The molecule has 0 saturated heterocycles. The molecule has 1 aromatic rings. The summed E-state index contributed by atoms with van der Waals surface area (Å²) in [6, 6.07) is 6.34. The second kappa shape index (κ2) is 4.77.